The Morgan fingerprint density at radius 2 is 0.393 bits per heavy atom. The molecule has 0 bridgehead atoms. The molecule has 8 heterocycles. The minimum absolute atomic E-state index is 0. The van der Waals surface area contributed by atoms with Crippen LogP contribution in [0.25, 0.3) is 246 Å². The minimum Gasteiger partial charge on any atom is -0.264 e. The van der Waals surface area contributed by atoms with Crippen molar-refractivity contribution in [1.82, 2.24) is 15.0 Å². The number of aromatic nitrogens is 3. The molecule has 0 aliphatic carbocycles. The molecule has 0 atom stereocenters. The maximum atomic E-state index is 4.79. The third-order valence-electron chi connectivity index (χ3n) is 26.9. The fraction of sp³-hybridized carbons (Fsp3) is 0.0352. The van der Waals surface area contributed by atoms with Crippen molar-refractivity contribution >= 4 is 154 Å². The number of thiophene rings is 5. The molecule has 0 unspecified atom stereocenters. The van der Waals surface area contributed by atoms with Gasteiger partial charge in [-0.05, 0) is 122 Å². The molecule has 3 nitrogen and oxygen atoms in total. The van der Waals surface area contributed by atoms with Crippen LogP contribution in [0.3, 0.4) is 0 Å². The third kappa shape index (κ3) is 20.1. The molecule has 28 aromatic rings. The van der Waals surface area contributed by atoms with Crippen LogP contribution < -0.4 is 0 Å². The van der Waals surface area contributed by atoms with E-state index in [4.69, 9.17) is 4.98 Å². The highest BCUT2D eigenvalue weighted by molar-refractivity contribution is 7.23. The van der Waals surface area contributed by atoms with Gasteiger partial charge in [0.05, 0.1) is 10.6 Å². The molecule has 0 radical (unpaired) electrons. The Labute approximate surface area is 899 Å². The lowest BCUT2D eigenvalue weighted by molar-refractivity contribution is 1.33. The zero-order chi connectivity index (χ0) is 96.6. The zero-order valence-corrected chi connectivity index (χ0v) is 83.0. The summed E-state index contributed by atoms with van der Waals surface area (Å²) in [6.45, 7) is 0. The van der Waals surface area contributed by atoms with Crippen LogP contribution in [0.4, 0.5) is 0 Å². The summed E-state index contributed by atoms with van der Waals surface area (Å²) in [7, 11) is 0. The van der Waals surface area contributed by atoms with Crippen LogP contribution in [0.2, 0.25) is 0 Å². The second kappa shape index (κ2) is 46.6. The first kappa shape index (κ1) is 101. The lowest BCUT2D eigenvalue weighted by Gasteiger charge is -2.18. The quantitative estimate of drug-likeness (QED) is 0.102. The van der Waals surface area contributed by atoms with Crippen LogP contribution in [0.15, 0.2) is 553 Å². The first-order valence-corrected chi connectivity index (χ1v) is 52.9. The van der Waals surface area contributed by atoms with Gasteiger partial charge >= 0.3 is 0 Å². The molecule has 0 amide bonds. The Bertz CT molecular complexity index is 9010. The Morgan fingerprint density at radius 1 is 0.133 bits per heavy atom. The van der Waals surface area contributed by atoms with Gasteiger partial charge in [0, 0.05) is 162 Å². The summed E-state index contributed by atoms with van der Waals surface area (Å²) in [6, 6.07) is 186. The standard InChI is InChI=1S/C34H22S.C28H18S.3C25H17NS.5CH4/c1-3-13-23(14-4-1)31-27-19-9-7-17-25(27)26-18-8-10-20-28(26)32(31)34-30-22-12-11-21-29(30)33(35-34)24-15-5-2-6-16-24;1-2-10-21(11-3-1)27-23-14-6-7-15-24(23)28(29-27)25-16-8-12-20-18-17-19-9-4-5-13-22(19)26(20)25;1-3-10-18(11-4-1)20-16-9-17-26-23(20)25-22-15-8-7-14-21(22)24(27-25)19-12-5-2-6-13-19;1-3-9-18(10-4-1)20-15-16-26-17-23(20)25-22-14-8-7-13-21(22)24(27-25)19-11-5-2-6-12-19;1-3-9-18(10-4-1)23-17-26-16-15-22(23)25-21-14-8-7-13-20(21)24(27-25)19-11-5-2-6-12-19;;;;;/h1-22H;1-18H;3*1-17H;5*1H4. The van der Waals surface area contributed by atoms with Crippen molar-refractivity contribution in [2.24, 2.45) is 0 Å². The highest BCUT2D eigenvalue weighted by atomic mass is 32.1. The van der Waals surface area contributed by atoms with Gasteiger partial charge in [0.15, 0.2) is 0 Å². The maximum absolute atomic E-state index is 4.79. The van der Waals surface area contributed by atoms with E-state index in [-0.39, 0.29) is 37.1 Å². The molecule has 150 heavy (non-hydrogen) atoms. The van der Waals surface area contributed by atoms with Gasteiger partial charge in [-0.15, -0.1) is 56.7 Å². The largest absolute Gasteiger partial charge is 0.264 e. The van der Waals surface area contributed by atoms with Crippen molar-refractivity contribution in [3.8, 4) is 149 Å². The molecule has 724 valence electrons. The number of rotatable bonds is 14. The summed E-state index contributed by atoms with van der Waals surface area (Å²) in [5.41, 5.74) is 22.2. The Hall–Kier alpha value is -17.3. The molecular formula is C142H111N3S5. The van der Waals surface area contributed by atoms with Crippen LogP contribution >= 0.6 is 56.7 Å². The first-order chi connectivity index (χ1) is 72.0. The summed E-state index contributed by atoms with van der Waals surface area (Å²) in [5, 5.41) is 23.5. The fourth-order valence-corrected chi connectivity index (χ4v) is 26.9. The first-order valence-electron chi connectivity index (χ1n) is 48.8. The smallest absolute Gasteiger partial charge is 0.0886 e. The van der Waals surface area contributed by atoms with Gasteiger partial charge in [-0.1, -0.05) is 541 Å². The molecule has 0 aliphatic rings. The van der Waals surface area contributed by atoms with Crippen molar-refractivity contribution in [2.45, 2.75) is 37.1 Å². The molecule has 0 N–H and O–H groups in total. The Morgan fingerprint density at radius 3 is 0.800 bits per heavy atom. The monoisotopic (exact) mass is 2020 g/mol. The number of benzene rings is 20. The lowest BCUT2D eigenvalue weighted by Crippen LogP contribution is -1.90. The Balaban J connectivity index is 0.000000117. The summed E-state index contributed by atoms with van der Waals surface area (Å²) in [4.78, 5) is 26.7. The van der Waals surface area contributed by atoms with E-state index in [0.717, 1.165) is 5.69 Å². The summed E-state index contributed by atoms with van der Waals surface area (Å²) in [5.74, 6) is 0. The molecule has 28 rings (SSSR count). The van der Waals surface area contributed by atoms with Gasteiger partial charge < -0.3 is 0 Å². The van der Waals surface area contributed by atoms with Crippen LogP contribution in [-0.2, 0) is 0 Å². The topological polar surface area (TPSA) is 38.7 Å². The summed E-state index contributed by atoms with van der Waals surface area (Å²) < 4.78 is 0. The molecule has 20 aromatic carbocycles. The Kier molecular flexibility index (Phi) is 31.5. The number of nitrogens with zero attached hydrogens (tertiary/aromatic N) is 3. The predicted octanol–water partition coefficient (Wildman–Crippen LogP) is 43.8. The number of hydrogen-bond donors (Lipinski definition) is 0. The maximum Gasteiger partial charge on any atom is 0.0886 e. The van der Waals surface area contributed by atoms with E-state index in [1.807, 2.05) is 106 Å². The van der Waals surface area contributed by atoms with E-state index >= 15 is 0 Å². The van der Waals surface area contributed by atoms with Crippen molar-refractivity contribution < 1.29 is 0 Å². The molecule has 0 saturated carbocycles. The van der Waals surface area contributed by atoms with Crippen LogP contribution in [0.1, 0.15) is 37.1 Å². The van der Waals surface area contributed by atoms with Crippen molar-refractivity contribution in [3.05, 3.63) is 553 Å². The fourth-order valence-electron chi connectivity index (χ4n) is 20.3. The van der Waals surface area contributed by atoms with Gasteiger partial charge in [0.25, 0.3) is 0 Å². The molecule has 0 saturated heterocycles. The highest BCUT2D eigenvalue weighted by Gasteiger charge is 2.27. The average molecular weight is 2020 g/mol. The summed E-state index contributed by atoms with van der Waals surface area (Å²) >= 11 is 9.35. The van der Waals surface area contributed by atoms with Crippen molar-refractivity contribution in [3.63, 3.8) is 0 Å². The van der Waals surface area contributed by atoms with Crippen molar-refractivity contribution in [1.29, 1.82) is 0 Å². The number of pyridine rings is 3. The van der Waals surface area contributed by atoms with Gasteiger partial charge in [0.1, 0.15) is 0 Å². The van der Waals surface area contributed by atoms with Crippen LogP contribution in [0.5, 0.6) is 0 Å². The van der Waals surface area contributed by atoms with Gasteiger partial charge in [0.2, 0.25) is 0 Å². The SMILES string of the molecule is C.C.C.C.C.c1ccc(-c2cccnc2-c2sc(-c3ccccc3)c3ccccc23)cc1.c1ccc(-c2ccncc2-c2sc(-c3ccccc3)c3ccccc23)cc1.c1ccc(-c2cnccc2-c2sc(-c3ccccc3)c3ccccc23)cc1.c1ccc(-c2sc(-c3c(-c4ccccc4)c4ccccc4c4ccccc34)c3ccccc23)cc1.c1ccc(-c2sc(-c3cccc4ccc5ccccc5c34)c3ccccc23)cc1. The second-order valence-electron chi connectivity index (χ2n) is 35.6. The van der Waals surface area contributed by atoms with E-state index < -0.39 is 0 Å². The molecule has 0 fully saturated rings. The second-order valence-corrected chi connectivity index (χ2v) is 40.7. The van der Waals surface area contributed by atoms with E-state index in [1.165, 1.54) is 240 Å². The van der Waals surface area contributed by atoms with Gasteiger partial charge in [-0.25, -0.2) is 0 Å². The van der Waals surface area contributed by atoms with Crippen LogP contribution in [0, 0.1) is 0 Å². The third-order valence-corrected chi connectivity index (χ3v) is 33.4. The van der Waals surface area contributed by atoms with Crippen molar-refractivity contribution in [2.75, 3.05) is 0 Å². The predicted molar refractivity (Wildman–Crippen MR) is 662 cm³/mol. The molecule has 8 aromatic heterocycles. The van der Waals surface area contributed by atoms with E-state index in [0.29, 0.717) is 0 Å². The van der Waals surface area contributed by atoms with E-state index in [2.05, 4.69) is 513 Å². The van der Waals surface area contributed by atoms with Crippen LogP contribution in [-0.4, -0.2) is 15.0 Å². The van der Waals surface area contributed by atoms with Gasteiger partial charge in [-0.2, -0.15) is 0 Å². The molecule has 0 spiro atoms. The van der Waals surface area contributed by atoms with E-state index in [9.17, 15) is 0 Å². The summed E-state index contributed by atoms with van der Waals surface area (Å²) in [6.07, 6.45) is 9.62. The molecular weight excluding hydrogens is 1910 g/mol. The highest BCUT2D eigenvalue weighted by Crippen LogP contribution is 2.55. The van der Waals surface area contributed by atoms with E-state index in [1.54, 1.807) is 0 Å². The molecule has 8 heteroatoms. The molecule has 0 aliphatic heterocycles. The average Bonchev–Trinajstić information content (AvgIpc) is 1.60. The lowest BCUT2D eigenvalue weighted by atomic mass is 9.86. The zero-order valence-electron chi connectivity index (χ0n) is 78.9. The normalized spacial score (nSPS) is 10.8. The van der Waals surface area contributed by atoms with Gasteiger partial charge in [-0.3, -0.25) is 15.0 Å². The minimum atomic E-state index is 0. The number of hydrogen-bond acceptors (Lipinski definition) is 8. The number of fused-ring (bicyclic) bond motifs is 11.